The van der Waals surface area contributed by atoms with Crippen LogP contribution in [0.4, 0.5) is 0 Å². The molecule has 1 aliphatic rings. The predicted octanol–water partition coefficient (Wildman–Crippen LogP) is 4.07. The summed E-state index contributed by atoms with van der Waals surface area (Å²) in [6, 6.07) is 17.5. The molecule has 0 unspecified atom stereocenters. The Labute approximate surface area is 167 Å². The predicted molar refractivity (Wildman–Crippen MR) is 109 cm³/mol. The lowest BCUT2D eigenvalue weighted by Crippen LogP contribution is -2.37. The second-order valence-corrected chi connectivity index (χ2v) is 7.54. The summed E-state index contributed by atoms with van der Waals surface area (Å²) in [4.78, 5) is 13.3. The molecule has 2 aromatic carbocycles. The fourth-order valence-electron chi connectivity index (χ4n) is 3.24. The molecule has 2 heterocycles. The summed E-state index contributed by atoms with van der Waals surface area (Å²) < 4.78 is 16.1. The zero-order valence-corrected chi connectivity index (χ0v) is 16.3. The normalized spacial score (nSPS) is 13.2. The number of rotatable bonds is 7. The van der Waals surface area contributed by atoms with E-state index in [2.05, 4.69) is 5.32 Å². The van der Waals surface area contributed by atoms with Crippen LogP contribution in [0.15, 0.2) is 60.0 Å². The van der Waals surface area contributed by atoms with Gasteiger partial charge in [0.2, 0.25) is 6.79 Å². The van der Waals surface area contributed by atoms with Gasteiger partial charge in [-0.25, -0.2) is 0 Å². The molecule has 6 heteroatoms. The van der Waals surface area contributed by atoms with Crippen molar-refractivity contribution >= 4 is 17.2 Å². The van der Waals surface area contributed by atoms with Gasteiger partial charge in [-0.3, -0.25) is 4.79 Å². The minimum atomic E-state index is -0.0524. The highest BCUT2D eigenvalue weighted by molar-refractivity contribution is 7.12. The van der Waals surface area contributed by atoms with Gasteiger partial charge in [0.05, 0.1) is 12.0 Å². The van der Waals surface area contributed by atoms with Crippen LogP contribution in [0.25, 0.3) is 0 Å². The molecule has 0 radical (unpaired) electrons. The lowest BCUT2D eigenvalue weighted by Gasteiger charge is -2.19. The monoisotopic (exact) mass is 395 g/mol. The van der Waals surface area contributed by atoms with E-state index in [0.717, 1.165) is 34.8 Å². The number of thiophene rings is 1. The number of amides is 1. The molecular weight excluding hydrogens is 374 g/mol. The number of fused-ring (bicyclic) bond motifs is 1. The van der Waals surface area contributed by atoms with Gasteiger partial charge in [-0.15, -0.1) is 11.3 Å². The zero-order chi connectivity index (χ0) is 19.3. The first-order valence-electron chi connectivity index (χ1n) is 9.07. The minimum Gasteiger partial charge on any atom is -0.497 e. The molecule has 1 aliphatic heterocycles. The van der Waals surface area contributed by atoms with Gasteiger partial charge < -0.3 is 19.5 Å². The quantitative estimate of drug-likeness (QED) is 0.655. The molecule has 0 bridgehead atoms. The van der Waals surface area contributed by atoms with E-state index in [-0.39, 0.29) is 18.7 Å². The molecule has 5 nitrogen and oxygen atoms in total. The Morgan fingerprint density at radius 3 is 2.57 bits per heavy atom. The summed E-state index contributed by atoms with van der Waals surface area (Å²) in [5, 5.41) is 5.09. The maximum absolute atomic E-state index is 12.6. The van der Waals surface area contributed by atoms with E-state index in [0.29, 0.717) is 11.3 Å². The maximum Gasteiger partial charge on any atom is 0.261 e. The summed E-state index contributed by atoms with van der Waals surface area (Å²) in [7, 11) is 1.65. The largest absolute Gasteiger partial charge is 0.497 e. The van der Waals surface area contributed by atoms with Crippen LogP contribution >= 0.6 is 11.3 Å². The second kappa shape index (κ2) is 8.35. The molecule has 0 aliphatic carbocycles. The molecule has 4 rings (SSSR count). The van der Waals surface area contributed by atoms with Gasteiger partial charge in [0.15, 0.2) is 11.5 Å². The molecule has 3 aromatic rings. The van der Waals surface area contributed by atoms with Crippen molar-refractivity contribution in [1.29, 1.82) is 0 Å². The van der Waals surface area contributed by atoms with Crippen LogP contribution in [0.2, 0.25) is 0 Å². The molecule has 0 saturated heterocycles. The van der Waals surface area contributed by atoms with Gasteiger partial charge in [0.1, 0.15) is 5.75 Å². The van der Waals surface area contributed by atoms with Gasteiger partial charge in [-0.1, -0.05) is 24.3 Å². The number of ether oxygens (including phenoxy) is 3. The number of carbonyl (C=O) groups excluding carboxylic acids is 1. The summed E-state index contributed by atoms with van der Waals surface area (Å²) >= 11 is 1.44. The standard InChI is InChI=1S/C22H21NO4S/c1-25-18-7-4-15(5-8-18)11-17(23-22(24)21-3-2-10-28-21)12-16-6-9-19-20(13-16)27-14-26-19/h2-10,13,17H,11-12,14H2,1H3,(H,23,24)/t17-/m0/s1. The first-order valence-corrected chi connectivity index (χ1v) is 9.95. The average Bonchev–Trinajstić information content (AvgIpc) is 3.40. The molecule has 0 saturated carbocycles. The number of hydrogen-bond acceptors (Lipinski definition) is 5. The topological polar surface area (TPSA) is 56.8 Å². The molecule has 1 amide bonds. The van der Waals surface area contributed by atoms with E-state index in [1.807, 2.05) is 60.0 Å². The van der Waals surface area contributed by atoms with E-state index < -0.39 is 0 Å². The SMILES string of the molecule is COc1ccc(C[C@@H](Cc2ccc3c(c2)OCO3)NC(=O)c2cccs2)cc1. The van der Waals surface area contributed by atoms with Crippen LogP contribution < -0.4 is 19.5 Å². The molecule has 0 fully saturated rings. The number of hydrogen-bond donors (Lipinski definition) is 1. The van der Waals surface area contributed by atoms with Gasteiger partial charge in [0.25, 0.3) is 5.91 Å². The Balaban J connectivity index is 1.52. The first-order chi connectivity index (χ1) is 13.7. The summed E-state index contributed by atoms with van der Waals surface area (Å²) in [6.07, 6.45) is 1.41. The molecule has 144 valence electrons. The van der Waals surface area contributed by atoms with E-state index in [1.54, 1.807) is 7.11 Å². The Morgan fingerprint density at radius 1 is 1.07 bits per heavy atom. The Bertz CT molecular complexity index is 938. The smallest absolute Gasteiger partial charge is 0.261 e. The highest BCUT2D eigenvalue weighted by atomic mass is 32.1. The summed E-state index contributed by atoms with van der Waals surface area (Å²) in [5.74, 6) is 2.29. The van der Waals surface area contributed by atoms with E-state index in [1.165, 1.54) is 11.3 Å². The fourth-order valence-corrected chi connectivity index (χ4v) is 3.86. The van der Waals surface area contributed by atoms with Crippen LogP contribution in [-0.4, -0.2) is 25.9 Å². The fraction of sp³-hybridized carbons (Fsp3) is 0.227. The maximum atomic E-state index is 12.6. The van der Waals surface area contributed by atoms with Gasteiger partial charge in [-0.05, 0) is 59.7 Å². The van der Waals surface area contributed by atoms with Crippen molar-refractivity contribution in [3.63, 3.8) is 0 Å². The van der Waals surface area contributed by atoms with Crippen LogP contribution in [-0.2, 0) is 12.8 Å². The Kier molecular flexibility index (Phi) is 5.48. The van der Waals surface area contributed by atoms with Crippen molar-refractivity contribution in [1.82, 2.24) is 5.32 Å². The van der Waals surface area contributed by atoms with Crippen LogP contribution in [0, 0.1) is 0 Å². The van der Waals surface area contributed by atoms with Crippen molar-refractivity contribution in [2.75, 3.05) is 13.9 Å². The molecule has 1 atom stereocenters. The highest BCUT2D eigenvalue weighted by Crippen LogP contribution is 2.33. The third-order valence-electron chi connectivity index (χ3n) is 4.64. The van der Waals surface area contributed by atoms with Gasteiger partial charge >= 0.3 is 0 Å². The molecular formula is C22H21NO4S. The molecule has 28 heavy (non-hydrogen) atoms. The third-order valence-corrected chi connectivity index (χ3v) is 5.51. The lowest BCUT2D eigenvalue weighted by atomic mass is 9.98. The minimum absolute atomic E-state index is 0.0470. The summed E-state index contributed by atoms with van der Waals surface area (Å²) in [5.41, 5.74) is 2.23. The number of nitrogens with one attached hydrogen (secondary N) is 1. The van der Waals surface area contributed by atoms with Gasteiger partial charge in [-0.2, -0.15) is 0 Å². The lowest BCUT2D eigenvalue weighted by molar-refractivity contribution is 0.0941. The summed E-state index contributed by atoms with van der Waals surface area (Å²) in [6.45, 7) is 0.253. The number of benzene rings is 2. The Morgan fingerprint density at radius 2 is 1.82 bits per heavy atom. The second-order valence-electron chi connectivity index (χ2n) is 6.59. The molecule has 1 aromatic heterocycles. The van der Waals surface area contributed by atoms with Crippen LogP contribution in [0.5, 0.6) is 17.2 Å². The van der Waals surface area contributed by atoms with Crippen molar-refractivity contribution in [2.45, 2.75) is 18.9 Å². The molecule has 1 N–H and O–H groups in total. The van der Waals surface area contributed by atoms with Crippen molar-refractivity contribution in [3.8, 4) is 17.2 Å². The third kappa shape index (κ3) is 4.28. The zero-order valence-electron chi connectivity index (χ0n) is 15.5. The Hall–Kier alpha value is -2.99. The van der Waals surface area contributed by atoms with Crippen LogP contribution in [0.3, 0.4) is 0 Å². The number of carbonyl (C=O) groups is 1. The first kappa shape index (κ1) is 18.4. The number of methoxy groups -OCH3 is 1. The van der Waals surface area contributed by atoms with Crippen LogP contribution in [0.1, 0.15) is 20.8 Å². The van der Waals surface area contributed by atoms with E-state index in [4.69, 9.17) is 14.2 Å². The average molecular weight is 395 g/mol. The van der Waals surface area contributed by atoms with Crippen molar-refractivity contribution in [2.24, 2.45) is 0 Å². The van der Waals surface area contributed by atoms with Crippen molar-refractivity contribution < 1.29 is 19.0 Å². The van der Waals surface area contributed by atoms with E-state index in [9.17, 15) is 4.79 Å². The van der Waals surface area contributed by atoms with Gasteiger partial charge in [0, 0.05) is 6.04 Å². The molecule has 0 spiro atoms. The van der Waals surface area contributed by atoms with Crippen molar-refractivity contribution in [3.05, 3.63) is 76.0 Å². The highest BCUT2D eigenvalue weighted by Gasteiger charge is 2.19. The van der Waals surface area contributed by atoms with E-state index >= 15 is 0 Å².